The fourth-order valence-corrected chi connectivity index (χ4v) is 3.28. The molecule has 0 saturated heterocycles. The SMILES string of the molecule is O=C(NCc1ccccc1)c1cnn2c1NC(c1ccco1)CC2C(F)(F)F. The molecule has 9 heteroatoms. The molecule has 2 aromatic heterocycles. The third-order valence-electron chi connectivity index (χ3n) is 4.67. The summed E-state index contributed by atoms with van der Waals surface area (Å²) in [5.41, 5.74) is 0.938. The van der Waals surface area contributed by atoms with Crippen molar-refractivity contribution in [3.8, 4) is 0 Å². The van der Waals surface area contributed by atoms with E-state index in [0.717, 1.165) is 16.4 Å². The van der Waals surface area contributed by atoms with E-state index < -0.39 is 24.2 Å². The minimum absolute atomic E-state index is 0.0283. The Kier molecular flexibility index (Phi) is 4.58. The average Bonchev–Trinajstić information content (AvgIpc) is 3.35. The number of amides is 1. The number of fused-ring (bicyclic) bond motifs is 1. The molecule has 1 amide bonds. The minimum atomic E-state index is -4.51. The molecule has 1 aromatic carbocycles. The van der Waals surface area contributed by atoms with Gasteiger partial charge in [-0.15, -0.1) is 0 Å². The maximum atomic E-state index is 13.6. The summed E-state index contributed by atoms with van der Waals surface area (Å²) in [4.78, 5) is 12.6. The molecule has 2 atom stereocenters. The van der Waals surface area contributed by atoms with E-state index in [1.165, 1.54) is 6.26 Å². The number of carbonyl (C=O) groups excluding carboxylic acids is 1. The van der Waals surface area contributed by atoms with Crippen molar-refractivity contribution in [3.05, 3.63) is 71.8 Å². The Morgan fingerprint density at radius 3 is 2.71 bits per heavy atom. The average molecular weight is 390 g/mol. The quantitative estimate of drug-likeness (QED) is 0.705. The van der Waals surface area contributed by atoms with E-state index in [2.05, 4.69) is 15.7 Å². The molecule has 1 aliphatic heterocycles. The molecule has 0 fully saturated rings. The normalized spacial score (nSPS) is 19.0. The number of rotatable bonds is 4. The second-order valence-corrected chi connectivity index (χ2v) is 6.53. The summed E-state index contributed by atoms with van der Waals surface area (Å²) >= 11 is 0. The van der Waals surface area contributed by atoms with Crippen molar-refractivity contribution in [1.82, 2.24) is 15.1 Å². The van der Waals surface area contributed by atoms with E-state index in [4.69, 9.17) is 4.42 Å². The molecule has 6 nitrogen and oxygen atoms in total. The molecule has 0 spiro atoms. The number of alkyl halides is 3. The Morgan fingerprint density at radius 2 is 2.04 bits per heavy atom. The lowest BCUT2D eigenvalue weighted by Gasteiger charge is -2.32. The Labute approximate surface area is 158 Å². The fraction of sp³-hybridized carbons (Fsp3) is 0.263. The number of carbonyl (C=O) groups is 1. The Hall–Kier alpha value is -3.23. The van der Waals surface area contributed by atoms with Crippen molar-refractivity contribution >= 4 is 11.7 Å². The molecule has 2 unspecified atom stereocenters. The molecule has 4 rings (SSSR count). The molecule has 0 bridgehead atoms. The van der Waals surface area contributed by atoms with Gasteiger partial charge in [0.1, 0.15) is 17.1 Å². The van der Waals surface area contributed by atoms with Gasteiger partial charge in [0.2, 0.25) is 0 Å². The molecular weight excluding hydrogens is 373 g/mol. The van der Waals surface area contributed by atoms with Crippen LogP contribution in [0.5, 0.6) is 0 Å². The topological polar surface area (TPSA) is 72.1 Å². The van der Waals surface area contributed by atoms with Crippen molar-refractivity contribution in [2.45, 2.75) is 31.2 Å². The zero-order valence-electron chi connectivity index (χ0n) is 14.6. The van der Waals surface area contributed by atoms with E-state index >= 15 is 0 Å². The van der Waals surface area contributed by atoms with Crippen LogP contribution in [0, 0.1) is 0 Å². The van der Waals surface area contributed by atoms with Crippen LogP contribution in [0.1, 0.15) is 40.2 Å². The first-order valence-corrected chi connectivity index (χ1v) is 8.70. The summed E-state index contributed by atoms with van der Waals surface area (Å²) < 4.78 is 46.9. The molecule has 2 N–H and O–H groups in total. The van der Waals surface area contributed by atoms with Crippen LogP contribution in [0.15, 0.2) is 59.3 Å². The third-order valence-corrected chi connectivity index (χ3v) is 4.67. The van der Waals surface area contributed by atoms with E-state index in [0.29, 0.717) is 5.76 Å². The van der Waals surface area contributed by atoms with E-state index in [-0.39, 0.29) is 24.3 Å². The van der Waals surface area contributed by atoms with Crippen molar-refractivity contribution in [1.29, 1.82) is 0 Å². The predicted molar refractivity (Wildman–Crippen MR) is 94.6 cm³/mol. The summed E-state index contributed by atoms with van der Waals surface area (Å²) in [7, 11) is 0. The Morgan fingerprint density at radius 1 is 1.25 bits per heavy atom. The first kappa shape index (κ1) is 18.1. The van der Waals surface area contributed by atoms with E-state index in [1.54, 1.807) is 12.1 Å². The Bertz CT molecular complexity index is 951. The lowest BCUT2D eigenvalue weighted by molar-refractivity contribution is -0.174. The predicted octanol–water partition coefficient (Wildman–Crippen LogP) is 4.07. The summed E-state index contributed by atoms with van der Waals surface area (Å²) in [6.07, 6.45) is -2.23. The highest BCUT2D eigenvalue weighted by Gasteiger charge is 2.47. The highest BCUT2D eigenvalue weighted by atomic mass is 19.4. The van der Waals surface area contributed by atoms with Crippen LogP contribution in [0.25, 0.3) is 0 Å². The summed E-state index contributed by atoms with van der Waals surface area (Å²) in [6, 6.07) is 9.87. The summed E-state index contributed by atoms with van der Waals surface area (Å²) in [5, 5.41) is 9.53. The van der Waals surface area contributed by atoms with Gasteiger partial charge in [-0.2, -0.15) is 18.3 Å². The van der Waals surface area contributed by atoms with Crippen LogP contribution in [0.4, 0.5) is 19.0 Å². The molecule has 1 aliphatic rings. The zero-order chi connectivity index (χ0) is 19.7. The first-order chi connectivity index (χ1) is 13.4. The molecule has 146 valence electrons. The van der Waals surface area contributed by atoms with Gasteiger partial charge in [0.25, 0.3) is 5.91 Å². The first-order valence-electron chi connectivity index (χ1n) is 8.70. The van der Waals surface area contributed by atoms with Gasteiger partial charge in [0.15, 0.2) is 6.04 Å². The highest BCUT2D eigenvalue weighted by Crippen LogP contribution is 2.44. The van der Waals surface area contributed by atoms with Gasteiger partial charge in [-0.05, 0) is 17.7 Å². The van der Waals surface area contributed by atoms with Crippen LogP contribution in [0.3, 0.4) is 0 Å². The fourth-order valence-electron chi connectivity index (χ4n) is 3.28. The second-order valence-electron chi connectivity index (χ2n) is 6.53. The maximum Gasteiger partial charge on any atom is 0.410 e. The maximum absolute atomic E-state index is 13.6. The molecular formula is C19H17F3N4O2. The smallest absolute Gasteiger partial charge is 0.410 e. The molecule has 0 aliphatic carbocycles. The van der Waals surface area contributed by atoms with E-state index in [9.17, 15) is 18.0 Å². The van der Waals surface area contributed by atoms with Gasteiger partial charge in [-0.1, -0.05) is 30.3 Å². The van der Waals surface area contributed by atoms with Crippen molar-refractivity contribution < 1.29 is 22.4 Å². The number of aromatic nitrogens is 2. The number of anilines is 1. The number of furan rings is 1. The summed E-state index contributed by atoms with van der Waals surface area (Å²) in [5.74, 6) is -0.100. The Balaban J connectivity index is 1.61. The number of hydrogen-bond donors (Lipinski definition) is 2. The lowest BCUT2D eigenvalue weighted by atomic mass is 10.0. The van der Waals surface area contributed by atoms with Crippen molar-refractivity contribution in [2.75, 3.05) is 5.32 Å². The van der Waals surface area contributed by atoms with Gasteiger partial charge in [0.05, 0.1) is 18.5 Å². The standard InChI is InChI=1S/C19H17F3N4O2/c20-19(21,22)16-9-14(15-7-4-8-28-15)25-17-13(11-24-26(16)17)18(27)23-10-12-5-2-1-3-6-12/h1-8,11,14,16,25H,9-10H2,(H,23,27). The van der Waals surface area contributed by atoms with Crippen LogP contribution in [-0.4, -0.2) is 21.9 Å². The number of halogens is 3. The number of nitrogens with zero attached hydrogens (tertiary/aromatic N) is 2. The minimum Gasteiger partial charge on any atom is -0.467 e. The highest BCUT2D eigenvalue weighted by molar-refractivity contribution is 5.98. The number of benzene rings is 1. The van der Waals surface area contributed by atoms with Crippen molar-refractivity contribution in [2.24, 2.45) is 0 Å². The second kappa shape index (κ2) is 7.06. The van der Waals surface area contributed by atoms with Gasteiger partial charge in [-0.25, -0.2) is 4.68 Å². The van der Waals surface area contributed by atoms with Crippen LogP contribution in [-0.2, 0) is 6.54 Å². The molecule has 3 aromatic rings. The van der Waals surface area contributed by atoms with Crippen molar-refractivity contribution in [3.63, 3.8) is 0 Å². The number of nitrogens with one attached hydrogen (secondary N) is 2. The van der Waals surface area contributed by atoms with Gasteiger partial charge < -0.3 is 15.1 Å². The number of hydrogen-bond acceptors (Lipinski definition) is 4. The molecule has 0 saturated carbocycles. The van der Waals surface area contributed by atoms with Gasteiger partial charge in [0, 0.05) is 13.0 Å². The largest absolute Gasteiger partial charge is 0.467 e. The third kappa shape index (κ3) is 3.47. The zero-order valence-corrected chi connectivity index (χ0v) is 14.6. The van der Waals surface area contributed by atoms with Crippen LogP contribution >= 0.6 is 0 Å². The molecule has 3 heterocycles. The summed E-state index contributed by atoms with van der Waals surface area (Å²) in [6.45, 7) is 0.259. The van der Waals surface area contributed by atoms with Gasteiger partial charge >= 0.3 is 6.18 Å². The van der Waals surface area contributed by atoms with E-state index in [1.807, 2.05) is 30.3 Å². The van der Waals surface area contributed by atoms with Gasteiger partial charge in [-0.3, -0.25) is 4.79 Å². The molecule has 0 radical (unpaired) electrons. The van der Waals surface area contributed by atoms with Crippen LogP contribution < -0.4 is 10.6 Å². The lowest BCUT2D eigenvalue weighted by Crippen LogP contribution is -2.36. The monoisotopic (exact) mass is 390 g/mol. The van der Waals surface area contributed by atoms with Crippen LogP contribution in [0.2, 0.25) is 0 Å². The molecule has 28 heavy (non-hydrogen) atoms.